The Morgan fingerprint density at radius 3 is 2.96 bits per heavy atom. The zero-order chi connectivity index (χ0) is 15.8. The van der Waals surface area contributed by atoms with E-state index < -0.39 is 0 Å². The number of nitrogens with one attached hydrogen (secondary N) is 1. The lowest BCUT2D eigenvalue weighted by molar-refractivity contribution is 0.0946. The first-order valence-corrected chi connectivity index (χ1v) is 7.43. The Bertz CT molecular complexity index is 901. The van der Waals surface area contributed by atoms with Gasteiger partial charge in [0.25, 0.3) is 5.91 Å². The van der Waals surface area contributed by atoms with Gasteiger partial charge in [0, 0.05) is 35.8 Å². The van der Waals surface area contributed by atoms with Crippen LogP contribution in [0.4, 0.5) is 4.39 Å². The second-order valence-corrected chi connectivity index (χ2v) is 5.48. The van der Waals surface area contributed by atoms with E-state index >= 15 is 0 Å². The van der Waals surface area contributed by atoms with Gasteiger partial charge in [-0.1, -0.05) is 18.2 Å². The molecule has 0 aliphatic carbocycles. The van der Waals surface area contributed by atoms with E-state index in [0.717, 1.165) is 17.7 Å². The molecule has 1 aliphatic rings. The lowest BCUT2D eigenvalue weighted by atomic mass is 9.99. The van der Waals surface area contributed by atoms with Crippen LogP contribution in [0.1, 0.15) is 15.9 Å². The molecule has 3 aromatic rings. The topological polar surface area (TPSA) is 46.9 Å². The van der Waals surface area contributed by atoms with Gasteiger partial charge in [0.1, 0.15) is 11.6 Å². The molecule has 1 N–H and O–H groups in total. The van der Waals surface area contributed by atoms with Crippen LogP contribution in [0.5, 0.6) is 0 Å². The number of fused-ring (bicyclic) bond motifs is 1. The number of nitrogens with zero attached hydrogens (tertiary/aromatic N) is 2. The Hall–Kier alpha value is -2.95. The monoisotopic (exact) mass is 307 g/mol. The van der Waals surface area contributed by atoms with E-state index in [1.807, 2.05) is 35.0 Å². The van der Waals surface area contributed by atoms with Crippen molar-refractivity contribution in [1.29, 1.82) is 0 Å². The number of rotatable bonds is 2. The minimum atomic E-state index is -0.304. The number of carbonyl (C=O) groups is 1. The van der Waals surface area contributed by atoms with Gasteiger partial charge < -0.3 is 5.32 Å². The zero-order valence-corrected chi connectivity index (χ0v) is 12.3. The van der Waals surface area contributed by atoms with Crippen molar-refractivity contribution in [2.24, 2.45) is 0 Å². The van der Waals surface area contributed by atoms with Crippen LogP contribution in [0.25, 0.3) is 17.1 Å². The number of hydrogen-bond donors (Lipinski definition) is 1. The molecule has 0 unspecified atom stereocenters. The van der Waals surface area contributed by atoms with Crippen molar-refractivity contribution < 1.29 is 9.18 Å². The van der Waals surface area contributed by atoms with Gasteiger partial charge in [0.15, 0.2) is 0 Å². The van der Waals surface area contributed by atoms with Gasteiger partial charge in [0.05, 0.1) is 0 Å². The molecular formula is C18H14FN3O. The Balaban J connectivity index is 1.82. The van der Waals surface area contributed by atoms with Crippen molar-refractivity contribution in [2.75, 3.05) is 6.54 Å². The lowest BCUT2D eigenvalue weighted by Gasteiger charge is -2.18. The molecule has 0 atom stereocenters. The summed E-state index contributed by atoms with van der Waals surface area (Å²) in [4.78, 5) is 16.4. The third kappa shape index (κ3) is 2.40. The fraction of sp³-hybridized carbons (Fsp3) is 0.111. The van der Waals surface area contributed by atoms with Crippen LogP contribution in [-0.2, 0) is 6.42 Å². The van der Waals surface area contributed by atoms with E-state index in [1.54, 1.807) is 12.3 Å². The Morgan fingerprint density at radius 2 is 2.09 bits per heavy atom. The predicted molar refractivity (Wildman–Crippen MR) is 85.0 cm³/mol. The smallest absolute Gasteiger partial charge is 0.251 e. The van der Waals surface area contributed by atoms with Crippen molar-refractivity contribution in [1.82, 2.24) is 14.9 Å². The van der Waals surface area contributed by atoms with Crippen molar-refractivity contribution in [2.45, 2.75) is 6.42 Å². The summed E-state index contributed by atoms with van der Waals surface area (Å²) in [5.74, 6) is 0.281. The molecule has 0 spiro atoms. The summed E-state index contributed by atoms with van der Waals surface area (Å²) in [5, 5.41) is 2.85. The maximum atomic E-state index is 13.5. The SMILES string of the molecule is O=C1NCCc2ccc(-n3ccnc3-c3cccc(F)c3)cc21. The molecule has 5 heteroatoms. The first-order chi connectivity index (χ1) is 11.2. The van der Waals surface area contributed by atoms with Crippen LogP contribution in [0.15, 0.2) is 54.9 Å². The van der Waals surface area contributed by atoms with Gasteiger partial charge in [-0.25, -0.2) is 9.37 Å². The standard InChI is InChI=1S/C18H14FN3O/c19-14-3-1-2-13(10-14)17-20-8-9-22(17)15-5-4-12-6-7-21-18(23)16(12)11-15/h1-5,8-11H,6-7H2,(H,21,23). The number of benzene rings is 2. The van der Waals surface area contributed by atoms with Gasteiger partial charge in [0.2, 0.25) is 0 Å². The molecule has 23 heavy (non-hydrogen) atoms. The first-order valence-electron chi connectivity index (χ1n) is 7.43. The van der Waals surface area contributed by atoms with Crippen molar-refractivity contribution in [3.8, 4) is 17.1 Å². The minimum Gasteiger partial charge on any atom is -0.352 e. The van der Waals surface area contributed by atoms with Gasteiger partial charge in [-0.15, -0.1) is 0 Å². The molecule has 2 aromatic carbocycles. The van der Waals surface area contributed by atoms with Gasteiger partial charge in [-0.3, -0.25) is 9.36 Å². The average Bonchev–Trinajstić information content (AvgIpc) is 3.05. The summed E-state index contributed by atoms with van der Waals surface area (Å²) >= 11 is 0. The summed E-state index contributed by atoms with van der Waals surface area (Å²) in [6.45, 7) is 0.671. The molecule has 2 heterocycles. The summed E-state index contributed by atoms with van der Waals surface area (Å²) in [5.41, 5.74) is 3.26. The number of amides is 1. The Kier molecular flexibility index (Phi) is 3.19. The predicted octanol–water partition coefficient (Wildman–Crippen LogP) is 2.96. The third-order valence-electron chi connectivity index (χ3n) is 4.02. The van der Waals surface area contributed by atoms with E-state index in [0.29, 0.717) is 23.5 Å². The molecule has 4 rings (SSSR count). The molecule has 4 nitrogen and oxygen atoms in total. The highest BCUT2D eigenvalue weighted by atomic mass is 19.1. The summed E-state index contributed by atoms with van der Waals surface area (Å²) in [6.07, 6.45) is 4.31. The number of carbonyl (C=O) groups excluding carboxylic acids is 1. The van der Waals surface area contributed by atoms with Crippen LogP contribution in [-0.4, -0.2) is 22.0 Å². The van der Waals surface area contributed by atoms with Crippen LogP contribution in [0.2, 0.25) is 0 Å². The Labute approximate surface area is 132 Å². The van der Waals surface area contributed by atoms with Crippen LogP contribution >= 0.6 is 0 Å². The number of halogens is 1. The minimum absolute atomic E-state index is 0.0551. The Morgan fingerprint density at radius 1 is 1.17 bits per heavy atom. The molecule has 0 saturated carbocycles. The maximum absolute atomic E-state index is 13.5. The van der Waals surface area contributed by atoms with Crippen molar-refractivity contribution in [3.05, 3.63) is 71.8 Å². The van der Waals surface area contributed by atoms with Crippen LogP contribution in [0.3, 0.4) is 0 Å². The lowest BCUT2D eigenvalue weighted by Crippen LogP contribution is -2.31. The molecule has 0 bridgehead atoms. The average molecular weight is 307 g/mol. The zero-order valence-electron chi connectivity index (χ0n) is 12.3. The van der Waals surface area contributed by atoms with Crippen molar-refractivity contribution >= 4 is 5.91 Å². The number of imidazole rings is 1. The molecule has 0 fully saturated rings. The van der Waals surface area contributed by atoms with E-state index in [4.69, 9.17) is 0 Å². The normalized spacial score (nSPS) is 13.5. The van der Waals surface area contributed by atoms with Crippen LogP contribution < -0.4 is 5.32 Å². The highest BCUT2D eigenvalue weighted by molar-refractivity contribution is 5.97. The fourth-order valence-corrected chi connectivity index (χ4v) is 2.90. The summed E-state index contributed by atoms with van der Waals surface area (Å²) in [6, 6.07) is 12.1. The molecular weight excluding hydrogens is 293 g/mol. The van der Waals surface area contributed by atoms with Crippen LogP contribution in [0, 0.1) is 5.82 Å². The quantitative estimate of drug-likeness (QED) is 0.791. The van der Waals surface area contributed by atoms with Gasteiger partial charge in [-0.05, 0) is 36.2 Å². The summed E-state index contributed by atoms with van der Waals surface area (Å²) < 4.78 is 15.3. The maximum Gasteiger partial charge on any atom is 0.251 e. The molecule has 1 amide bonds. The first kappa shape index (κ1) is 13.7. The fourth-order valence-electron chi connectivity index (χ4n) is 2.90. The highest BCUT2D eigenvalue weighted by Gasteiger charge is 2.18. The van der Waals surface area contributed by atoms with Crippen molar-refractivity contribution in [3.63, 3.8) is 0 Å². The van der Waals surface area contributed by atoms with Gasteiger partial charge in [-0.2, -0.15) is 0 Å². The van der Waals surface area contributed by atoms with E-state index in [2.05, 4.69) is 10.3 Å². The molecule has 1 aliphatic heterocycles. The summed E-state index contributed by atoms with van der Waals surface area (Å²) in [7, 11) is 0. The molecule has 1 aromatic heterocycles. The largest absolute Gasteiger partial charge is 0.352 e. The molecule has 0 radical (unpaired) electrons. The van der Waals surface area contributed by atoms with E-state index in [1.165, 1.54) is 12.1 Å². The molecule has 0 saturated heterocycles. The molecule has 114 valence electrons. The van der Waals surface area contributed by atoms with Gasteiger partial charge >= 0.3 is 0 Å². The highest BCUT2D eigenvalue weighted by Crippen LogP contribution is 2.24. The number of aromatic nitrogens is 2. The number of hydrogen-bond acceptors (Lipinski definition) is 2. The van der Waals surface area contributed by atoms with E-state index in [-0.39, 0.29) is 11.7 Å². The second-order valence-electron chi connectivity index (χ2n) is 5.48. The van der Waals surface area contributed by atoms with E-state index in [9.17, 15) is 9.18 Å². The third-order valence-corrected chi connectivity index (χ3v) is 4.02. The second kappa shape index (κ2) is 5.35.